The smallest absolute Gasteiger partial charge is 0.191 e. The van der Waals surface area contributed by atoms with Crippen LogP contribution >= 0.6 is 0 Å². The van der Waals surface area contributed by atoms with Crippen LogP contribution in [0.2, 0.25) is 0 Å². The number of ether oxygens (including phenoxy) is 1. The molecule has 0 bridgehead atoms. The largest absolute Gasteiger partial charge is 0.379 e. The van der Waals surface area contributed by atoms with Crippen LogP contribution in [-0.4, -0.2) is 72.1 Å². The molecule has 1 atom stereocenters. The van der Waals surface area contributed by atoms with E-state index in [1.807, 2.05) is 10.6 Å². The number of nitrogens with zero attached hydrogens (tertiary/aromatic N) is 5. The lowest BCUT2D eigenvalue weighted by atomic mass is 10.0. The van der Waals surface area contributed by atoms with E-state index in [0.717, 1.165) is 37.4 Å². The molecule has 2 aromatic rings. The van der Waals surface area contributed by atoms with Gasteiger partial charge < -0.3 is 19.9 Å². The molecule has 1 aromatic heterocycles. The molecule has 0 saturated carbocycles. The van der Waals surface area contributed by atoms with Crippen LogP contribution in [0.4, 0.5) is 4.39 Å². The number of rotatable bonds is 8. The average Bonchev–Trinajstić information content (AvgIpc) is 3.21. The summed E-state index contributed by atoms with van der Waals surface area (Å²) in [7, 11) is 1.75. The maximum absolute atomic E-state index is 13.8. The van der Waals surface area contributed by atoms with Crippen LogP contribution in [0.15, 0.2) is 35.6 Å². The van der Waals surface area contributed by atoms with E-state index in [1.165, 1.54) is 6.07 Å². The fraction of sp³-hybridized carbons (Fsp3) is 0.550. The summed E-state index contributed by atoms with van der Waals surface area (Å²) < 4.78 is 21.3. The van der Waals surface area contributed by atoms with Crippen molar-refractivity contribution in [3.8, 4) is 0 Å². The van der Waals surface area contributed by atoms with Crippen LogP contribution in [0.3, 0.4) is 0 Å². The van der Waals surface area contributed by atoms with Crippen LogP contribution < -0.4 is 10.6 Å². The molecule has 0 amide bonds. The molecule has 1 fully saturated rings. The summed E-state index contributed by atoms with van der Waals surface area (Å²) in [5.41, 5.74) is 0.951. The quantitative estimate of drug-likeness (QED) is 0.510. The first kappa shape index (κ1) is 21.2. The minimum Gasteiger partial charge on any atom is -0.379 e. The number of guanidine groups is 1. The van der Waals surface area contributed by atoms with E-state index < -0.39 is 0 Å². The van der Waals surface area contributed by atoms with Gasteiger partial charge in [0.05, 0.1) is 19.3 Å². The SMILES string of the molecule is CCc1nncn1CCNC(=NC)NCC(c1cccc(F)c1)N1CCOCC1. The first-order valence-electron chi connectivity index (χ1n) is 10.1. The Hall–Kier alpha value is -2.52. The molecule has 3 rings (SSSR count). The Morgan fingerprint density at radius 2 is 2.14 bits per heavy atom. The zero-order valence-electron chi connectivity index (χ0n) is 17.1. The van der Waals surface area contributed by atoms with Crippen molar-refractivity contribution < 1.29 is 9.13 Å². The molecule has 9 heteroatoms. The summed E-state index contributed by atoms with van der Waals surface area (Å²) in [5, 5.41) is 14.8. The van der Waals surface area contributed by atoms with Gasteiger partial charge in [0.15, 0.2) is 5.96 Å². The van der Waals surface area contributed by atoms with Crippen LogP contribution in [-0.2, 0) is 17.7 Å². The zero-order valence-corrected chi connectivity index (χ0v) is 17.1. The van der Waals surface area contributed by atoms with Crippen LogP contribution in [0.1, 0.15) is 24.4 Å². The van der Waals surface area contributed by atoms with Crippen molar-refractivity contribution in [3.05, 3.63) is 47.8 Å². The second-order valence-corrected chi connectivity index (χ2v) is 6.89. The fourth-order valence-electron chi connectivity index (χ4n) is 3.51. The second kappa shape index (κ2) is 10.9. The molecule has 158 valence electrons. The lowest BCUT2D eigenvalue weighted by Crippen LogP contribution is -2.46. The van der Waals surface area contributed by atoms with Gasteiger partial charge in [0, 0.05) is 46.2 Å². The normalized spacial score (nSPS) is 16.6. The Morgan fingerprint density at radius 3 is 2.86 bits per heavy atom. The molecule has 1 aromatic carbocycles. The van der Waals surface area contributed by atoms with E-state index in [-0.39, 0.29) is 11.9 Å². The monoisotopic (exact) mass is 403 g/mol. The molecule has 0 aliphatic carbocycles. The summed E-state index contributed by atoms with van der Waals surface area (Å²) in [6, 6.07) is 6.85. The van der Waals surface area contributed by atoms with Gasteiger partial charge in [0.2, 0.25) is 0 Å². The number of hydrogen-bond acceptors (Lipinski definition) is 5. The molecule has 2 N–H and O–H groups in total. The minimum absolute atomic E-state index is 0.0395. The number of morpholine rings is 1. The van der Waals surface area contributed by atoms with Crippen LogP contribution in [0, 0.1) is 5.82 Å². The number of benzene rings is 1. The zero-order chi connectivity index (χ0) is 20.5. The van der Waals surface area contributed by atoms with E-state index in [9.17, 15) is 4.39 Å². The molecule has 1 aliphatic rings. The molecule has 1 unspecified atom stereocenters. The summed E-state index contributed by atoms with van der Waals surface area (Å²) in [6.07, 6.45) is 2.59. The van der Waals surface area contributed by atoms with Gasteiger partial charge in [0.1, 0.15) is 18.0 Å². The van der Waals surface area contributed by atoms with E-state index in [2.05, 4.69) is 37.6 Å². The number of halogens is 1. The fourth-order valence-corrected chi connectivity index (χ4v) is 3.51. The number of nitrogens with one attached hydrogen (secondary N) is 2. The average molecular weight is 404 g/mol. The topological polar surface area (TPSA) is 79.6 Å². The third-order valence-electron chi connectivity index (χ3n) is 5.06. The number of aryl methyl sites for hydroxylation is 1. The predicted molar refractivity (Wildman–Crippen MR) is 110 cm³/mol. The highest BCUT2D eigenvalue weighted by molar-refractivity contribution is 5.79. The van der Waals surface area contributed by atoms with Crippen molar-refractivity contribution in [1.29, 1.82) is 0 Å². The highest BCUT2D eigenvalue weighted by atomic mass is 19.1. The predicted octanol–water partition coefficient (Wildman–Crippen LogP) is 1.22. The molecule has 2 heterocycles. The van der Waals surface area contributed by atoms with Gasteiger partial charge in [-0.15, -0.1) is 10.2 Å². The van der Waals surface area contributed by atoms with E-state index in [1.54, 1.807) is 25.5 Å². The Kier molecular flexibility index (Phi) is 7.94. The van der Waals surface area contributed by atoms with E-state index >= 15 is 0 Å². The van der Waals surface area contributed by atoms with Gasteiger partial charge in [0.25, 0.3) is 0 Å². The summed E-state index contributed by atoms with van der Waals surface area (Å²) in [5.74, 6) is 1.46. The molecule has 0 spiro atoms. The lowest BCUT2D eigenvalue weighted by Gasteiger charge is -2.35. The van der Waals surface area contributed by atoms with Crippen molar-refractivity contribution in [2.75, 3.05) is 46.4 Å². The number of hydrogen-bond donors (Lipinski definition) is 2. The molecular formula is C20H30FN7O. The molecule has 1 saturated heterocycles. The van der Waals surface area contributed by atoms with E-state index in [0.29, 0.717) is 32.3 Å². The van der Waals surface area contributed by atoms with Gasteiger partial charge >= 0.3 is 0 Å². The summed E-state index contributed by atoms with van der Waals surface area (Å²) in [4.78, 5) is 6.64. The number of aliphatic imine (C=N–C) groups is 1. The van der Waals surface area contributed by atoms with E-state index in [4.69, 9.17) is 4.74 Å². The third-order valence-corrected chi connectivity index (χ3v) is 5.06. The summed E-state index contributed by atoms with van der Waals surface area (Å²) >= 11 is 0. The van der Waals surface area contributed by atoms with Crippen molar-refractivity contribution in [2.45, 2.75) is 25.9 Å². The molecule has 1 aliphatic heterocycles. The van der Waals surface area contributed by atoms with Crippen molar-refractivity contribution in [2.24, 2.45) is 4.99 Å². The molecule has 29 heavy (non-hydrogen) atoms. The van der Waals surface area contributed by atoms with Crippen molar-refractivity contribution in [3.63, 3.8) is 0 Å². The first-order valence-corrected chi connectivity index (χ1v) is 10.1. The Balaban J connectivity index is 1.58. The highest BCUT2D eigenvalue weighted by Gasteiger charge is 2.23. The number of aromatic nitrogens is 3. The van der Waals surface area contributed by atoms with Crippen LogP contribution in [0.5, 0.6) is 0 Å². The Labute approximate surface area is 171 Å². The minimum atomic E-state index is -0.219. The maximum atomic E-state index is 13.8. The van der Waals surface area contributed by atoms with Gasteiger partial charge in [-0.2, -0.15) is 0 Å². The molecule has 8 nitrogen and oxygen atoms in total. The maximum Gasteiger partial charge on any atom is 0.191 e. The molecular weight excluding hydrogens is 373 g/mol. The molecule has 0 radical (unpaired) electrons. The van der Waals surface area contributed by atoms with Gasteiger partial charge in [-0.1, -0.05) is 19.1 Å². The summed E-state index contributed by atoms with van der Waals surface area (Å²) in [6.45, 7) is 7.17. The third kappa shape index (κ3) is 5.98. The standard InChI is InChI=1S/C20H30FN7O/c1-3-19-26-25-15-28(19)8-7-23-20(22-2)24-14-18(27-9-11-29-12-10-27)16-5-4-6-17(21)13-16/h4-6,13,15,18H,3,7-12,14H2,1-2H3,(H2,22,23,24). The van der Waals surface area contributed by atoms with Gasteiger partial charge in [-0.3, -0.25) is 9.89 Å². The first-order chi connectivity index (χ1) is 14.2. The van der Waals surface area contributed by atoms with Crippen molar-refractivity contribution in [1.82, 2.24) is 30.3 Å². The second-order valence-electron chi connectivity index (χ2n) is 6.89. The highest BCUT2D eigenvalue weighted by Crippen LogP contribution is 2.22. The Bertz CT molecular complexity index is 789. The van der Waals surface area contributed by atoms with Gasteiger partial charge in [-0.25, -0.2) is 4.39 Å². The van der Waals surface area contributed by atoms with Crippen LogP contribution in [0.25, 0.3) is 0 Å². The van der Waals surface area contributed by atoms with Gasteiger partial charge in [-0.05, 0) is 17.7 Å². The van der Waals surface area contributed by atoms with Crippen molar-refractivity contribution >= 4 is 5.96 Å². The lowest BCUT2D eigenvalue weighted by molar-refractivity contribution is 0.0169. The Morgan fingerprint density at radius 1 is 1.31 bits per heavy atom.